The summed E-state index contributed by atoms with van der Waals surface area (Å²) in [5.41, 5.74) is 5.09. The van der Waals surface area contributed by atoms with E-state index in [9.17, 15) is 0 Å². The van der Waals surface area contributed by atoms with Gasteiger partial charge in [0.1, 0.15) is 5.82 Å². The smallest absolute Gasteiger partial charge is 0.191 e. The summed E-state index contributed by atoms with van der Waals surface area (Å²) in [7, 11) is 4.10. The van der Waals surface area contributed by atoms with Crippen LogP contribution >= 0.6 is 11.8 Å². The highest BCUT2D eigenvalue weighted by Gasteiger charge is 2.22. The summed E-state index contributed by atoms with van der Waals surface area (Å²) in [6, 6.07) is 8.53. The van der Waals surface area contributed by atoms with Crippen molar-refractivity contribution in [3.8, 4) is 0 Å². The Labute approximate surface area is 188 Å². The fourth-order valence-electron chi connectivity index (χ4n) is 3.92. The summed E-state index contributed by atoms with van der Waals surface area (Å²) in [5, 5.41) is 14.5. The van der Waals surface area contributed by atoms with Crippen molar-refractivity contribution in [2.24, 2.45) is 7.05 Å². The first-order valence-electron chi connectivity index (χ1n) is 10.9. The van der Waals surface area contributed by atoms with Gasteiger partial charge in [-0.05, 0) is 44.9 Å². The zero-order valence-electron chi connectivity index (χ0n) is 18.9. The summed E-state index contributed by atoms with van der Waals surface area (Å²) in [6.07, 6.45) is 4.43. The number of ether oxygens (including phenoxy) is 1. The Morgan fingerprint density at radius 2 is 2.00 bits per heavy atom. The van der Waals surface area contributed by atoms with Gasteiger partial charge in [0.25, 0.3) is 0 Å². The van der Waals surface area contributed by atoms with E-state index in [1.807, 2.05) is 17.9 Å². The fourth-order valence-corrected chi connectivity index (χ4v) is 4.96. The number of aryl methyl sites for hydroxylation is 2. The van der Waals surface area contributed by atoms with Gasteiger partial charge < -0.3 is 9.30 Å². The van der Waals surface area contributed by atoms with Crippen molar-refractivity contribution in [1.82, 2.24) is 29.4 Å². The predicted octanol–water partition coefficient (Wildman–Crippen LogP) is 3.73. The van der Waals surface area contributed by atoms with Gasteiger partial charge in [-0.3, -0.25) is 9.58 Å². The van der Waals surface area contributed by atoms with E-state index in [-0.39, 0.29) is 6.10 Å². The Hall–Kier alpha value is -2.16. The molecule has 2 aromatic heterocycles. The van der Waals surface area contributed by atoms with Crippen LogP contribution < -0.4 is 0 Å². The van der Waals surface area contributed by atoms with Gasteiger partial charge in [0.05, 0.1) is 25.4 Å². The molecule has 0 aliphatic carbocycles. The molecule has 1 atom stereocenters. The van der Waals surface area contributed by atoms with Gasteiger partial charge in [-0.1, -0.05) is 36.0 Å². The highest BCUT2D eigenvalue weighted by atomic mass is 32.2. The second-order valence-corrected chi connectivity index (χ2v) is 9.35. The molecule has 166 valence electrons. The maximum absolute atomic E-state index is 5.93. The van der Waals surface area contributed by atoms with Gasteiger partial charge >= 0.3 is 0 Å². The predicted molar refractivity (Wildman–Crippen MR) is 123 cm³/mol. The molecular formula is C23H32N6OS. The lowest BCUT2D eigenvalue weighted by molar-refractivity contribution is 0.0934. The van der Waals surface area contributed by atoms with Crippen LogP contribution in [0.5, 0.6) is 0 Å². The highest BCUT2D eigenvalue weighted by molar-refractivity contribution is 7.98. The first-order chi connectivity index (χ1) is 15.0. The second-order valence-electron chi connectivity index (χ2n) is 8.41. The Kier molecular flexibility index (Phi) is 7.09. The van der Waals surface area contributed by atoms with E-state index < -0.39 is 0 Å². The van der Waals surface area contributed by atoms with Gasteiger partial charge in [0.2, 0.25) is 0 Å². The molecule has 7 nitrogen and oxygen atoms in total. The topological polar surface area (TPSA) is 61.0 Å². The molecule has 1 aliphatic heterocycles. The van der Waals surface area contributed by atoms with Gasteiger partial charge in [-0.25, -0.2) is 0 Å². The average molecular weight is 441 g/mol. The van der Waals surface area contributed by atoms with Crippen molar-refractivity contribution < 1.29 is 4.74 Å². The molecule has 1 saturated heterocycles. The number of rotatable bonds is 9. The first kappa shape index (κ1) is 22.0. The number of hydrogen-bond acceptors (Lipinski definition) is 6. The lowest BCUT2D eigenvalue weighted by atomic mass is 10.1. The third-order valence-electron chi connectivity index (χ3n) is 6.01. The minimum Gasteiger partial charge on any atom is -0.376 e. The summed E-state index contributed by atoms with van der Waals surface area (Å²) in [6.45, 7) is 7.51. The molecule has 3 aromatic rings. The molecule has 1 fully saturated rings. The molecule has 0 radical (unpaired) electrons. The van der Waals surface area contributed by atoms with Crippen LogP contribution in [0.15, 0.2) is 35.6 Å². The summed E-state index contributed by atoms with van der Waals surface area (Å²) in [5.74, 6) is 1.88. The molecule has 31 heavy (non-hydrogen) atoms. The van der Waals surface area contributed by atoms with E-state index in [1.54, 1.807) is 11.8 Å². The monoisotopic (exact) mass is 440 g/mol. The number of hydrogen-bond donors (Lipinski definition) is 0. The van der Waals surface area contributed by atoms with Crippen LogP contribution in [0.3, 0.4) is 0 Å². The zero-order chi connectivity index (χ0) is 21.8. The summed E-state index contributed by atoms with van der Waals surface area (Å²) < 4.78 is 10.1. The zero-order valence-corrected chi connectivity index (χ0v) is 19.7. The third kappa shape index (κ3) is 5.37. The molecule has 1 aromatic carbocycles. The normalized spacial score (nSPS) is 16.5. The number of aromatic nitrogens is 5. The van der Waals surface area contributed by atoms with Crippen LogP contribution in [0.2, 0.25) is 0 Å². The van der Waals surface area contributed by atoms with Crippen LogP contribution in [0.1, 0.15) is 41.1 Å². The standard InChI is InChI=1S/C23H32N6OS/c1-17-8-5-6-9-19(17)16-31-23-26-25-22(29(23)14-21-10-7-11-30-21)15-27(3)13-20-12-24-28(4)18(20)2/h5-6,8-9,12,21H,7,10-11,13-16H2,1-4H3/t21-/m0/s1. The second kappa shape index (κ2) is 9.97. The Balaban J connectivity index is 1.49. The molecule has 0 amide bonds. The molecule has 0 N–H and O–H groups in total. The van der Waals surface area contributed by atoms with Crippen molar-refractivity contribution in [1.29, 1.82) is 0 Å². The molecule has 4 rings (SSSR count). The highest BCUT2D eigenvalue weighted by Crippen LogP contribution is 2.26. The van der Waals surface area contributed by atoms with Crippen molar-refractivity contribution in [3.63, 3.8) is 0 Å². The van der Waals surface area contributed by atoms with Crippen LogP contribution in [0, 0.1) is 13.8 Å². The molecule has 0 unspecified atom stereocenters. The van der Waals surface area contributed by atoms with Gasteiger partial charge in [-0.2, -0.15) is 5.10 Å². The molecular weight excluding hydrogens is 408 g/mol. The van der Waals surface area contributed by atoms with Gasteiger partial charge in [-0.15, -0.1) is 10.2 Å². The minimum atomic E-state index is 0.249. The lowest BCUT2D eigenvalue weighted by Gasteiger charge is -2.19. The van der Waals surface area contributed by atoms with Gasteiger partial charge in [0, 0.05) is 37.2 Å². The van der Waals surface area contributed by atoms with Crippen molar-refractivity contribution in [2.45, 2.75) is 63.3 Å². The van der Waals surface area contributed by atoms with Crippen LogP contribution in [-0.4, -0.2) is 49.2 Å². The first-order valence-corrected chi connectivity index (χ1v) is 11.9. The molecule has 0 saturated carbocycles. The SMILES string of the molecule is Cc1ccccc1CSc1nnc(CN(C)Cc2cnn(C)c2C)n1C[C@@H]1CCCO1. The maximum Gasteiger partial charge on any atom is 0.191 e. The van der Waals surface area contributed by atoms with Crippen LogP contribution in [-0.2, 0) is 37.2 Å². The third-order valence-corrected chi connectivity index (χ3v) is 7.03. The fraction of sp³-hybridized carbons (Fsp3) is 0.522. The van der Waals surface area contributed by atoms with Crippen molar-refractivity contribution in [3.05, 3.63) is 58.7 Å². The summed E-state index contributed by atoms with van der Waals surface area (Å²) in [4.78, 5) is 2.27. The number of nitrogens with zero attached hydrogens (tertiary/aromatic N) is 6. The molecule has 8 heteroatoms. The van der Waals surface area contributed by atoms with E-state index >= 15 is 0 Å². The van der Waals surface area contributed by atoms with Crippen molar-refractivity contribution in [2.75, 3.05) is 13.7 Å². The van der Waals surface area contributed by atoms with Crippen molar-refractivity contribution >= 4 is 11.8 Å². The Morgan fingerprint density at radius 1 is 1.16 bits per heavy atom. The number of thioether (sulfide) groups is 1. The minimum absolute atomic E-state index is 0.249. The number of benzene rings is 1. The van der Waals surface area contributed by atoms with E-state index in [0.29, 0.717) is 0 Å². The molecule has 1 aliphatic rings. The lowest BCUT2D eigenvalue weighted by Crippen LogP contribution is -2.23. The van der Waals surface area contributed by atoms with Gasteiger partial charge in [0.15, 0.2) is 5.16 Å². The maximum atomic E-state index is 5.93. The van der Waals surface area contributed by atoms with E-state index in [4.69, 9.17) is 4.74 Å². The van der Waals surface area contributed by atoms with E-state index in [0.717, 1.165) is 55.8 Å². The van der Waals surface area contributed by atoms with Crippen LogP contribution in [0.25, 0.3) is 0 Å². The molecule has 0 bridgehead atoms. The molecule has 3 heterocycles. The van der Waals surface area contributed by atoms with E-state index in [1.165, 1.54) is 22.4 Å². The Bertz CT molecular complexity index is 1010. The quantitative estimate of drug-likeness (QED) is 0.473. The van der Waals surface area contributed by atoms with E-state index in [2.05, 4.69) is 69.9 Å². The Morgan fingerprint density at radius 3 is 2.71 bits per heavy atom. The average Bonchev–Trinajstić information content (AvgIpc) is 3.47. The van der Waals surface area contributed by atoms with Crippen LogP contribution in [0.4, 0.5) is 0 Å². The summed E-state index contributed by atoms with van der Waals surface area (Å²) >= 11 is 1.76. The largest absolute Gasteiger partial charge is 0.376 e. The molecule has 0 spiro atoms.